The highest BCUT2D eigenvalue weighted by atomic mass is 16.6. The molecule has 0 aromatic heterocycles. The van der Waals surface area contributed by atoms with Gasteiger partial charge in [0.15, 0.2) is 0 Å². The topological polar surface area (TPSA) is 108 Å². The highest BCUT2D eigenvalue weighted by molar-refractivity contribution is 6.06. The van der Waals surface area contributed by atoms with Crippen LogP contribution in [0, 0.1) is 0 Å². The highest BCUT2D eigenvalue weighted by Crippen LogP contribution is 2.46. The number of hydrogen-bond acceptors (Lipinski definition) is 5. The molecule has 0 saturated carbocycles. The van der Waals surface area contributed by atoms with Gasteiger partial charge in [-0.2, -0.15) is 0 Å². The van der Waals surface area contributed by atoms with Crippen molar-refractivity contribution in [1.82, 2.24) is 15.1 Å². The largest absolute Gasteiger partial charge is 0.427 e. The first-order valence-electron chi connectivity index (χ1n) is 10.9. The van der Waals surface area contributed by atoms with Gasteiger partial charge in [0.1, 0.15) is 6.54 Å². The summed E-state index contributed by atoms with van der Waals surface area (Å²) in [4.78, 5) is 53.0. The molecule has 0 bridgehead atoms. The lowest BCUT2D eigenvalue weighted by molar-refractivity contribution is -0.142. The SMILES string of the molecule is CCN(Cc1ccccc1)C(=O)CN1C(=O)O[C@@]2(CCc3cc(NC(=O)NC)ccc32)C1=O. The molecule has 33 heavy (non-hydrogen) atoms. The van der Waals surface area contributed by atoms with Crippen LogP contribution in [-0.2, 0) is 32.9 Å². The molecule has 172 valence electrons. The first kappa shape index (κ1) is 22.3. The molecule has 1 heterocycles. The van der Waals surface area contributed by atoms with E-state index in [0.717, 1.165) is 16.0 Å². The maximum atomic E-state index is 13.3. The summed E-state index contributed by atoms with van der Waals surface area (Å²) in [6, 6.07) is 14.3. The Morgan fingerprint density at radius 2 is 1.91 bits per heavy atom. The zero-order chi connectivity index (χ0) is 23.6. The van der Waals surface area contributed by atoms with Crippen molar-refractivity contribution in [2.75, 3.05) is 25.5 Å². The molecule has 1 saturated heterocycles. The van der Waals surface area contributed by atoms with E-state index in [4.69, 9.17) is 4.74 Å². The van der Waals surface area contributed by atoms with Crippen molar-refractivity contribution < 1.29 is 23.9 Å². The van der Waals surface area contributed by atoms with E-state index in [1.54, 1.807) is 23.1 Å². The molecule has 1 aliphatic heterocycles. The van der Waals surface area contributed by atoms with Crippen molar-refractivity contribution in [3.05, 3.63) is 65.2 Å². The number of ether oxygens (including phenoxy) is 1. The number of benzene rings is 2. The average molecular weight is 450 g/mol. The molecule has 2 aromatic carbocycles. The average Bonchev–Trinajstić information content (AvgIpc) is 3.30. The molecule has 5 amide bonds. The van der Waals surface area contributed by atoms with Crippen LogP contribution in [0.4, 0.5) is 15.3 Å². The number of imide groups is 1. The number of urea groups is 1. The number of aryl methyl sites for hydroxylation is 1. The van der Waals surface area contributed by atoms with Crippen LogP contribution in [0.3, 0.4) is 0 Å². The number of fused-ring (bicyclic) bond motifs is 2. The van der Waals surface area contributed by atoms with E-state index >= 15 is 0 Å². The van der Waals surface area contributed by atoms with Crippen molar-refractivity contribution in [2.45, 2.75) is 31.9 Å². The van der Waals surface area contributed by atoms with E-state index < -0.39 is 17.6 Å². The first-order chi connectivity index (χ1) is 15.9. The lowest BCUT2D eigenvalue weighted by atomic mass is 9.94. The third-order valence-electron chi connectivity index (χ3n) is 6.09. The van der Waals surface area contributed by atoms with E-state index in [-0.39, 0.29) is 18.5 Å². The molecular formula is C24H26N4O5. The van der Waals surface area contributed by atoms with Crippen molar-refractivity contribution in [2.24, 2.45) is 0 Å². The third-order valence-corrected chi connectivity index (χ3v) is 6.09. The van der Waals surface area contributed by atoms with Gasteiger partial charge in [0.05, 0.1) is 0 Å². The Bertz CT molecular complexity index is 1100. The predicted octanol–water partition coefficient (Wildman–Crippen LogP) is 2.61. The number of amides is 5. The van der Waals surface area contributed by atoms with Gasteiger partial charge in [-0.25, -0.2) is 14.5 Å². The van der Waals surface area contributed by atoms with E-state index in [1.165, 1.54) is 7.05 Å². The van der Waals surface area contributed by atoms with Gasteiger partial charge in [-0.15, -0.1) is 0 Å². The van der Waals surface area contributed by atoms with Crippen LogP contribution >= 0.6 is 0 Å². The van der Waals surface area contributed by atoms with Gasteiger partial charge in [0.25, 0.3) is 5.91 Å². The third kappa shape index (κ3) is 4.13. The molecule has 1 spiro atoms. The van der Waals surface area contributed by atoms with Crippen LogP contribution in [0.15, 0.2) is 48.5 Å². The number of carbonyl (C=O) groups excluding carboxylic acids is 4. The first-order valence-corrected chi connectivity index (χ1v) is 10.9. The molecule has 1 aliphatic carbocycles. The zero-order valence-corrected chi connectivity index (χ0v) is 18.6. The Balaban J connectivity index is 1.50. The number of nitrogens with one attached hydrogen (secondary N) is 2. The molecule has 1 fully saturated rings. The summed E-state index contributed by atoms with van der Waals surface area (Å²) < 4.78 is 5.60. The van der Waals surface area contributed by atoms with Crippen LogP contribution < -0.4 is 10.6 Å². The molecule has 2 aliphatic rings. The fourth-order valence-electron chi connectivity index (χ4n) is 4.34. The molecule has 9 nitrogen and oxygen atoms in total. The summed E-state index contributed by atoms with van der Waals surface area (Å²) in [5.41, 5.74) is 1.53. The number of hydrogen-bond donors (Lipinski definition) is 2. The molecule has 2 N–H and O–H groups in total. The Kier molecular flexibility index (Phi) is 6.04. The maximum Gasteiger partial charge on any atom is 0.418 e. The molecule has 9 heteroatoms. The van der Waals surface area contributed by atoms with Crippen molar-refractivity contribution in [3.63, 3.8) is 0 Å². The Hall–Kier alpha value is -3.88. The Labute approximate surface area is 191 Å². The summed E-state index contributed by atoms with van der Waals surface area (Å²) in [6.07, 6.45) is -0.0126. The Morgan fingerprint density at radius 1 is 1.15 bits per heavy atom. The lowest BCUT2D eigenvalue weighted by Gasteiger charge is -2.23. The van der Waals surface area contributed by atoms with Gasteiger partial charge >= 0.3 is 12.1 Å². The number of carbonyl (C=O) groups is 4. The summed E-state index contributed by atoms with van der Waals surface area (Å²) >= 11 is 0. The molecular weight excluding hydrogens is 424 g/mol. The number of anilines is 1. The summed E-state index contributed by atoms with van der Waals surface area (Å²) in [6.45, 7) is 2.32. The minimum Gasteiger partial charge on any atom is -0.427 e. The maximum absolute atomic E-state index is 13.3. The number of likely N-dealkylation sites (N-methyl/N-ethyl adjacent to an activating group) is 1. The molecule has 2 aromatic rings. The van der Waals surface area contributed by atoms with Gasteiger partial charge in [-0.3, -0.25) is 9.59 Å². The van der Waals surface area contributed by atoms with Crippen LogP contribution in [0.1, 0.15) is 30.0 Å². The van der Waals surface area contributed by atoms with Gasteiger partial charge in [0, 0.05) is 37.8 Å². The fraction of sp³-hybridized carbons (Fsp3) is 0.333. The zero-order valence-electron chi connectivity index (χ0n) is 18.6. The molecule has 0 unspecified atom stereocenters. The van der Waals surface area contributed by atoms with Crippen molar-refractivity contribution in [1.29, 1.82) is 0 Å². The summed E-state index contributed by atoms with van der Waals surface area (Å²) in [5.74, 6) is -0.852. The van der Waals surface area contributed by atoms with Crippen molar-refractivity contribution in [3.8, 4) is 0 Å². The highest BCUT2D eigenvalue weighted by Gasteiger charge is 2.58. The standard InChI is InChI=1S/C24H26N4O5/c1-3-27(14-16-7-5-4-6-8-16)20(29)15-28-21(30)24(33-23(28)32)12-11-17-13-18(9-10-19(17)24)26-22(31)25-2/h4-10,13H,3,11-12,14-15H2,1-2H3,(H2,25,26,31)/t24-/m1/s1. The quantitative estimate of drug-likeness (QED) is 0.703. The normalized spacial score (nSPS) is 18.8. The summed E-state index contributed by atoms with van der Waals surface area (Å²) in [5, 5.41) is 5.17. The van der Waals surface area contributed by atoms with Crippen LogP contribution in [-0.4, -0.2) is 53.9 Å². The monoisotopic (exact) mass is 450 g/mol. The molecule has 0 radical (unpaired) electrons. The minimum atomic E-state index is -1.42. The van der Waals surface area contributed by atoms with Gasteiger partial charge in [-0.1, -0.05) is 36.4 Å². The van der Waals surface area contributed by atoms with Gasteiger partial charge < -0.3 is 20.3 Å². The minimum absolute atomic E-state index is 0.294. The molecule has 1 atom stereocenters. The second kappa shape index (κ2) is 8.93. The van der Waals surface area contributed by atoms with E-state index in [9.17, 15) is 19.2 Å². The van der Waals surface area contributed by atoms with Gasteiger partial charge in [-0.05, 0) is 36.6 Å². The van der Waals surface area contributed by atoms with Crippen LogP contribution in [0.25, 0.3) is 0 Å². The summed E-state index contributed by atoms with van der Waals surface area (Å²) in [7, 11) is 1.52. The second-order valence-corrected chi connectivity index (χ2v) is 8.06. The predicted molar refractivity (Wildman–Crippen MR) is 120 cm³/mol. The lowest BCUT2D eigenvalue weighted by Crippen LogP contribution is -2.44. The van der Waals surface area contributed by atoms with Gasteiger partial charge in [0.2, 0.25) is 11.5 Å². The van der Waals surface area contributed by atoms with E-state index in [1.807, 2.05) is 37.3 Å². The van der Waals surface area contributed by atoms with Crippen molar-refractivity contribution >= 4 is 29.6 Å². The fourth-order valence-corrected chi connectivity index (χ4v) is 4.34. The number of nitrogens with zero attached hydrogens (tertiary/aromatic N) is 2. The number of rotatable bonds is 6. The molecule has 4 rings (SSSR count). The van der Waals surface area contributed by atoms with E-state index in [0.29, 0.717) is 37.2 Å². The van der Waals surface area contributed by atoms with Crippen LogP contribution in [0.2, 0.25) is 0 Å². The second-order valence-electron chi connectivity index (χ2n) is 8.06. The van der Waals surface area contributed by atoms with Crippen LogP contribution in [0.5, 0.6) is 0 Å². The smallest absolute Gasteiger partial charge is 0.418 e. The van der Waals surface area contributed by atoms with E-state index in [2.05, 4.69) is 10.6 Å². The Morgan fingerprint density at radius 3 is 2.61 bits per heavy atom.